The first-order chi connectivity index (χ1) is 1.73. The van der Waals surface area contributed by atoms with Crippen LogP contribution in [0.5, 0.6) is 0 Å². The molecule has 0 aliphatic carbocycles. The molecule has 0 unspecified atom stereocenters. The maximum atomic E-state index is 8.54. The van der Waals surface area contributed by atoms with E-state index in [1.54, 1.807) is 0 Å². The van der Waals surface area contributed by atoms with Gasteiger partial charge in [0.1, 0.15) is 0 Å². The Labute approximate surface area is 63.7 Å². The van der Waals surface area contributed by atoms with Crippen LogP contribution in [0.4, 0.5) is 0 Å². The van der Waals surface area contributed by atoms with Crippen LogP contribution in [0.2, 0.25) is 0 Å². The van der Waals surface area contributed by atoms with E-state index in [0.29, 0.717) is 0 Å². The maximum absolute atomic E-state index is 8.54. The molecular weight excluding hydrogens is 167 g/mol. The molecule has 5 heavy (non-hydrogen) atoms. The first kappa shape index (κ1) is 9.71. The van der Waals surface area contributed by atoms with E-state index in [2.05, 4.69) is 0 Å². The first-order valence-electron chi connectivity index (χ1n) is 0.500. The van der Waals surface area contributed by atoms with Gasteiger partial charge >= 0.3 is 64.4 Å². The molecule has 0 N–H and O–H groups in total. The van der Waals surface area contributed by atoms with Crippen molar-refractivity contribution in [1.29, 1.82) is 0 Å². The Morgan fingerprint density at radius 3 is 1.40 bits per heavy atom. The van der Waals surface area contributed by atoms with Crippen molar-refractivity contribution in [1.82, 2.24) is 0 Å². The zero-order chi connectivity index (χ0) is 3.58. The molecule has 0 atom stereocenters. The molecule has 0 aliphatic heterocycles. The van der Waals surface area contributed by atoms with E-state index >= 15 is 0 Å². The summed E-state index contributed by atoms with van der Waals surface area (Å²) in [5.74, 6) is 0. The Kier molecular flexibility index (Phi) is 10.7. The summed E-state index contributed by atoms with van der Waals surface area (Å²) in [6, 6.07) is 0. The van der Waals surface area contributed by atoms with Gasteiger partial charge in [-0.1, -0.05) is 0 Å². The SMILES string of the molecule is O=[Se]([O-])[O-].[Ca+2]. The quantitative estimate of drug-likeness (QED) is 0.356. The molecule has 0 aliphatic rings. The molecule has 0 amide bonds. The molecule has 0 saturated carbocycles. The Balaban J connectivity index is 0. The van der Waals surface area contributed by atoms with Crippen LogP contribution in [0.15, 0.2) is 0 Å². The molecule has 3 nitrogen and oxygen atoms in total. The van der Waals surface area contributed by atoms with Crippen molar-refractivity contribution in [3.8, 4) is 0 Å². The van der Waals surface area contributed by atoms with Crippen LogP contribution in [0.1, 0.15) is 0 Å². The van der Waals surface area contributed by atoms with Gasteiger partial charge in [0, 0.05) is 0 Å². The van der Waals surface area contributed by atoms with Gasteiger partial charge in [-0.05, 0) is 0 Å². The van der Waals surface area contributed by atoms with Crippen LogP contribution in [0.25, 0.3) is 0 Å². The third kappa shape index (κ3) is 30.0. The van der Waals surface area contributed by atoms with Crippen LogP contribution < -0.4 is 8.38 Å². The van der Waals surface area contributed by atoms with Crippen molar-refractivity contribution in [2.24, 2.45) is 0 Å². The van der Waals surface area contributed by atoms with Crippen molar-refractivity contribution in [2.45, 2.75) is 0 Å². The monoisotopic (exact) mass is 168 g/mol. The Bertz CT molecular complexity index is 29.9. The third-order valence-corrected chi connectivity index (χ3v) is 0. The van der Waals surface area contributed by atoms with E-state index in [0.717, 1.165) is 0 Å². The molecule has 0 bridgehead atoms. The molecule has 0 radical (unpaired) electrons. The van der Waals surface area contributed by atoms with Crippen molar-refractivity contribution in [3.05, 3.63) is 0 Å². The van der Waals surface area contributed by atoms with Crippen LogP contribution in [-0.4, -0.2) is 52.2 Å². The number of rotatable bonds is 0. The van der Waals surface area contributed by atoms with E-state index in [1.165, 1.54) is 0 Å². The Morgan fingerprint density at radius 1 is 1.40 bits per heavy atom. The zero-order valence-corrected chi connectivity index (χ0v) is 6.26. The number of hydrogen-bond donors (Lipinski definition) is 0. The van der Waals surface area contributed by atoms with Gasteiger partial charge in [0.2, 0.25) is 0 Å². The zero-order valence-electron chi connectivity index (χ0n) is 2.34. The summed E-state index contributed by atoms with van der Waals surface area (Å²) in [6.45, 7) is 0. The predicted octanol–water partition coefficient (Wildman–Crippen LogP) is -3.26. The van der Waals surface area contributed by atoms with Gasteiger partial charge in [0.05, 0.1) is 0 Å². The van der Waals surface area contributed by atoms with Gasteiger partial charge in [-0.2, -0.15) is 0 Å². The smallest absolute Gasteiger partial charge is 2.00 e. The topological polar surface area (TPSA) is 63.2 Å². The first-order valence-corrected chi connectivity index (χ1v) is 2.60. The van der Waals surface area contributed by atoms with Crippen molar-refractivity contribution in [3.63, 3.8) is 0 Å². The van der Waals surface area contributed by atoms with Crippen LogP contribution in [-0.2, 0) is 3.83 Å². The van der Waals surface area contributed by atoms with E-state index in [4.69, 9.17) is 12.2 Å². The third-order valence-electron chi connectivity index (χ3n) is 0. The molecule has 26 valence electrons. The van der Waals surface area contributed by atoms with Crippen molar-refractivity contribution >= 4 is 52.2 Å². The van der Waals surface area contributed by atoms with Gasteiger partial charge in [0.15, 0.2) is 0 Å². The van der Waals surface area contributed by atoms with Crippen LogP contribution in [0, 0.1) is 0 Å². The van der Waals surface area contributed by atoms with Crippen molar-refractivity contribution < 1.29 is 12.2 Å². The fourth-order valence-electron chi connectivity index (χ4n) is 0. The van der Waals surface area contributed by atoms with E-state index < -0.39 is 14.5 Å². The summed E-state index contributed by atoms with van der Waals surface area (Å²) in [7, 11) is 0. The molecular formula is CaO3Se. The summed E-state index contributed by atoms with van der Waals surface area (Å²) in [6.07, 6.45) is 0. The van der Waals surface area contributed by atoms with E-state index in [9.17, 15) is 0 Å². The summed E-state index contributed by atoms with van der Waals surface area (Å²) in [5.41, 5.74) is 0. The standard InChI is InChI=1S/Ca.H2O3Se/c;1-4(2)3/h;(H2,1,2,3)/q+2;/p-2. The molecule has 0 aromatic carbocycles. The van der Waals surface area contributed by atoms with Crippen LogP contribution in [0.3, 0.4) is 0 Å². The molecule has 5 heteroatoms. The van der Waals surface area contributed by atoms with Gasteiger partial charge in [-0.15, -0.1) is 0 Å². The van der Waals surface area contributed by atoms with E-state index in [-0.39, 0.29) is 37.7 Å². The maximum Gasteiger partial charge on any atom is 2.00 e. The largest absolute Gasteiger partial charge is 2.00 e. The van der Waals surface area contributed by atoms with Gasteiger partial charge < -0.3 is 0 Å². The minimum atomic E-state index is -3.79. The van der Waals surface area contributed by atoms with Crippen molar-refractivity contribution in [2.75, 3.05) is 0 Å². The van der Waals surface area contributed by atoms with Gasteiger partial charge in [-0.25, -0.2) is 0 Å². The summed E-state index contributed by atoms with van der Waals surface area (Å²) < 4.78 is 25.6. The Morgan fingerprint density at radius 2 is 1.40 bits per heavy atom. The van der Waals surface area contributed by atoms with Gasteiger partial charge in [0.25, 0.3) is 0 Å². The molecule has 0 fully saturated rings. The molecule has 0 heterocycles. The number of hydrogen-bond acceptors (Lipinski definition) is 3. The van der Waals surface area contributed by atoms with Crippen LogP contribution >= 0.6 is 0 Å². The average Bonchev–Trinajstić information content (AvgIpc) is 0.811. The average molecular weight is 167 g/mol. The fraction of sp³-hybridized carbons (Fsp3) is 0. The van der Waals surface area contributed by atoms with Gasteiger partial charge in [-0.3, -0.25) is 0 Å². The summed E-state index contributed by atoms with van der Waals surface area (Å²) >= 11 is -3.79. The summed E-state index contributed by atoms with van der Waals surface area (Å²) in [4.78, 5) is 0. The fourth-order valence-corrected chi connectivity index (χ4v) is 0. The predicted molar refractivity (Wildman–Crippen MR) is 12.2 cm³/mol. The Hall–Kier alpha value is 1.50. The second-order valence-corrected chi connectivity index (χ2v) is 1.06. The van der Waals surface area contributed by atoms with E-state index in [1.807, 2.05) is 0 Å². The minimum absolute atomic E-state index is 0. The molecule has 0 aromatic heterocycles. The summed E-state index contributed by atoms with van der Waals surface area (Å²) in [5, 5.41) is 0. The minimum Gasteiger partial charge on any atom is 2.00 e. The molecule has 0 spiro atoms. The molecule has 0 rings (SSSR count). The second kappa shape index (κ2) is 5.50. The normalized spacial score (nSPS) is 7.00. The molecule has 0 saturated heterocycles. The second-order valence-electron chi connectivity index (χ2n) is 0.204. The molecule has 0 aromatic rings.